The predicted octanol–water partition coefficient (Wildman–Crippen LogP) is 1.20. The first-order chi connectivity index (χ1) is 9.56. The Kier molecular flexibility index (Phi) is 5.14. The second kappa shape index (κ2) is 6.85. The number of anilines is 1. The van der Waals surface area contributed by atoms with E-state index >= 15 is 0 Å². The number of rotatable bonds is 5. The third-order valence-corrected chi connectivity index (χ3v) is 3.61. The topological polar surface area (TPSA) is 59.4 Å². The number of ether oxygens (including phenoxy) is 1. The zero-order valence-electron chi connectivity index (χ0n) is 12.5. The average Bonchev–Trinajstić information content (AvgIpc) is 2.84. The van der Waals surface area contributed by atoms with Crippen LogP contribution < -0.4 is 5.32 Å². The Hall–Kier alpha value is -1.40. The summed E-state index contributed by atoms with van der Waals surface area (Å²) in [5, 5.41) is 7.24. The highest BCUT2D eigenvalue weighted by molar-refractivity contribution is 5.92. The van der Waals surface area contributed by atoms with Crippen LogP contribution in [0.15, 0.2) is 12.3 Å². The van der Waals surface area contributed by atoms with E-state index in [1.807, 2.05) is 38.0 Å². The van der Waals surface area contributed by atoms with Gasteiger partial charge in [-0.3, -0.25) is 9.48 Å². The van der Waals surface area contributed by atoms with Gasteiger partial charge in [-0.05, 0) is 33.9 Å². The molecule has 0 saturated carbocycles. The minimum absolute atomic E-state index is 0.00931. The first-order valence-electron chi connectivity index (χ1n) is 7.17. The molecule has 1 amide bonds. The van der Waals surface area contributed by atoms with Crippen molar-refractivity contribution in [3.63, 3.8) is 0 Å². The second-order valence-electron chi connectivity index (χ2n) is 5.58. The van der Waals surface area contributed by atoms with Gasteiger partial charge in [0.15, 0.2) is 5.82 Å². The number of carbonyl (C=O) groups is 1. The molecule has 0 radical (unpaired) electrons. The lowest BCUT2D eigenvalue weighted by Gasteiger charge is -2.27. The molecule has 2 atom stereocenters. The Morgan fingerprint density at radius 2 is 2.40 bits per heavy atom. The maximum Gasteiger partial charge on any atom is 0.231 e. The molecule has 0 aromatic carbocycles. The van der Waals surface area contributed by atoms with Crippen molar-refractivity contribution in [2.24, 2.45) is 5.92 Å². The molecule has 1 aromatic heterocycles. The van der Waals surface area contributed by atoms with Crippen molar-refractivity contribution in [3.8, 4) is 0 Å². The fourth-order valence-electron chi connectivity index (χ4n) is 2.34. The largest absolute Gasteiger partial charge is 0.378 e. The van der Waals surface area contributed by atoms with Crippen molar-refractivity contribution in [3.05, 3.63) is 12.3 Å². The summed E-state index contributed by atoms with van der Waals surface area (Å²) in [5.74, 6) is 0.553. The number of carbonyl (C=O) groups excluding carboxylic acids is 1. The molecular weight excluding hydrogens is 256 g/mol. The minimum atomic E-state index is -0.0734. The number of aromatic nitrogens is 2. The first kappa shape index (κ1) is 15.0. The third-order valence-electron chi connectivity index (χ3n) is 3.61. The van der Waals surface area contributed by atoms with Crippen LogP contribution in [0, 0.1) is 5.92 Å². The zero-order valence-corrected chi connectivity index (χ0v) is 12.5. The Morgan fingerprint density at radius 3 is 3.10 bits per heavy atom. The number of likely N-dealkylation sites (N-methyl/N-ethyl adjacent to an activating group) is 1. The van der Waals surface area contributed by atoms with Gasteiger partial charge in [0.1, 0.15) is 0 Å². The van der Waals surface area contributed by atoms with Crippen molar-refractivity contribution in [2.45, 2.75) is 32.4 Å². The van der Waals surface area contributed by atoms with E-state index in [1.54, 1.807) is 0 Å². The zero-order chi connectivity index (χ0) is 14.5. The van der Waals surface area contributed by atoms with Gasteiger partial charge in [-0.15, -0.1) is 0 Å². The van der Waals surface area contributed by atoms with Crippen LogP contribution in [-0.4, -0.2) is 53.9 Å². The van der Waals surface area contributed by atoms with Crippen LogP contribution in [0.1, 0.15) is 19.8 Å². The molecule has 112 valence electrons. The van der Waals surface area contributed by atoms with Crippen LogP contribution in [0.2, 0.25) is 0 Å². The maximum absolute atomic E-state index is 12.2. The quantitative estimate of drug-likeness (QED) is 0.880. The smallest absolute Gasteiger partial charge is 0.231 e. The summed E-state index contributed by atoms with van der Waals surface area (Å²) in [6, 6.07) is 1.84. The standard InChI is InChI=1S/C14H24N4O2/c1-11-12(5-4-10-20-11)14(19)15-13-6-7-18(16-13)9-8-17(2)3/h6-7,11-12H,4-5,8-10H2,1-3H3,(H,15,16,19). The van der Waals surface area contributed by atoms with E-state index in [1.165, 1.54) is 0 Å². The van der Waals surface area contributed by atoms with Gasteiger partial charge in [0, 0.05) is 25.4 Å². The molecular formula is C14H24N4O2. The van der Waals surface area contributed by atoms with E-state index in [0.29, 0.717) is 5.82 Å². The summed E-state index contributed by atoms with van der Waals surface area (Å²) < 4.78 is 7.37. The third kappa shape index (κ3) is 4.05. The van der Waals surface area contributed by atoms with Gasteiger partial charge in [0.25, 0.3) is 0 Å². The van der Waals surface area contributed by atoms with Crippen LogP contribution in [0.3, 0.4) is 0 Å². The number of hydrogen-bond donors (Lipinski definition) is 1. The van der Waals surface area contributed by atoms with E-state index in [0.717, 1.165) is 32.5 Å². The fraction of sp³-hybridized carbons (Fsp3) is 0.714. The lowest BCUT2D eigenvalue weighted by atomic mass is 9.94. The summed E-state index contributed by atoms with van der Waals surface area (Å²) in [5.41, 5.74) is 0. The lowest BCUT2D eigenvalue weighted by Crippen LogP contribution is -2.36. The summed E-state index contributed by atoms with van der Waals surface area (Å²) in [6.07, 6.45) is 3.70. The van der Waals surface area contributed by atoms with Gasteiger partial charge in [0.2, 0.25) is 5.91 Å². The Morgan fingerprint density at radius 1 is 1.60 bits per heavy atom. The van der Waals surface area contributed by atoms with E-state index in [4.69, 9.17) is 4.74 Å². The predicted molar refractivity (Wildman–Crippen MR) is 77.5 cm³/mol. The SMILES string of the molecule is CC1OCCCC1C(=O)Nc1ccn(CCN(C)C)n1. The molecule has 1 N–H and O–H groups in total. The molecule has 0 aliphatic carbocycles. The molecule has 0 spiro atoms. The van der Waals surface area contributed by atoms with Crippen molar-refractivity contribution in [2.75, 3.05) is 32.6 Å². The highest BCUT2D eigenvalue weighted by atomic mass is 16.5. The molecule has 6 nitrogen and oxygen atoms in total. The Balaban J connectivity index is 1.87. The number of nitrogens with one attached hydrogen (secondary N) is 1. The van der Waals surface area contributed by atoms with Gasteiger partial charge in [-0.2, -0.15) is 5.10 Å². The molecule has 2 heterocycles. The van der Waals surface area contributed by atoms with E-state index in [2.05, 4.69) is 15.3 Å². The molecule has 2 unspecified atom stereocenters. The van der Waals surface area contributed by atoms with Crippen molar-refractivity contribution in [1.29, 1.82) is 0 Å². The van der Waals surface area contributed by atoms with E-state index in [9.17, 15) is 4.79 Å². The summed E-state index contributed by atoms with van der Waals surface area (Å²) >= 11 is 0. The van der Waals surface area contributed by atoms with Crippen LogP contribution in [-0.2, 0) is 16.1 Å². The van der Waals surface area contributed by atoms with E-state index in [-0.39, 0.29) is 17.9 Å². The van der Waals surface area contributed by atoms with Crippen LogP contribution in [0.25, 0.3) is 0 Å². The lowest BCUT2D eigenvalue weighted by molar-refractivity contribution is -0.127. The first-order valence-corrected chi connectivity index (χ1v) is 7.17. The molecule has 1 aliphatic rings. The van der Waals surface area contributed by atoms with Crippen molar-refractivity contribution in [1.82, 2.24) is 14.7 Å². The fourth-order valence-corrected chi connectivity index (χ4v) is 2.34. The number of hydrogen-bond acceptors (Lipinski definition) is 4. The van der Waals surface area contributed by atoms with Crippen LogP contribution in [0.4, 0.5) is 5.82 Å². The second-order valence-corrected chi connectivity index (χ2v) is 5.58. The molecule has 1 aliphatic heterocycles. The molecule has 1 aromatic rings. The Bertz CT molecular complexity index is 444. The van der Waals surface area contributed by atoms with Crippen LogP contribution in [0.5, 0.6) is 0 Å². The van der Waals surface area contributed by atoms with Gasteiger partial charge >= 0.3 is 0 Å². The van der Waals surface area contributed by atoms with Gasteiger partial charge < -0.3 is 15.0 Å². The molecule has 2 rings (SSSR count). The minimum Gasteiger partial charge on any atom is -0.378 e. The van der Waals surface area contributed by atoms with Gasteiger partial charge in [-0.1, -0.05) is 0 Å². The average molecular weight is 280 g/mol. The van der Waals surface area contributed by atoms with Crippen molar-refractivity contribution >= 4 is 11.7 Å². The van der Waals surface area contributed by atoms with Crippen LogP contribution >= 0.6 is 0 Å². The van der Waals surface area contributed by atoms with Crippen molar-refractivity contribution < 1.29 is 9.53 Å². The van der Waals surface area contributed by atoms with E-state index < -0.39 is 0 Å². The number of amides is 1. The summed E-state index contributed by atoms with van der Waals surface area (Å²) in [6.45, 7) is 4.44. The summed E-state index contributed by atoms with van der Waals surface area (Å²) in [7, 11) is 4.05. The normalized spacial score (nSPS) is 23.0. The summed E-state index contributed by atoms with van der Waals surface area (Å²) in [4.78, 5) is 14.3. The molecule has 6 heteroatoms. The molecule has 0 bridgehead atoms. The molecule has 1 fully saturated rings. The van der Waals surface area contributed by atoms with Gasteiger partial charge in [0.05, 0.1) is 18.6 Å². The highest BCUT2D eigenvalue weighted by Gasteiger charge is 2.28. The molecule has 1 saturated heterocycles. The maximum atomic E-state index is 12.2. The number of nitrogens with zero attached hydrogens (tertiary/aromatic N) is 3. The highest BCUT2D eigenvalue weighted by Crippen LogP contribution is 2.21. The Labute approximate surface area is 120 Å². The van der Waals surface area contributed by atoms with Gasteiger partial charge in [-0.25, -0.2) is 0 Å². The monoisotopic (exact) mass is 280 g/mol. The molecule has 20 heavy (non-hydrogen) atoms.